The summed E-state index contributed by atoms with van der Waals surface area (Å²) in [5, 5.41) is 3.14. The molecule has 0 amide bonds. The van der Waals surface area contributed by atoms with Crippen LogP contribution in [-0.4, -0.2) is 17.6 Å². The van der Waals surface area contributed by atoms with E-state index in [-0.39, 0.29) is 6.04 Å². The smallest absolute Gasteiger partial charge is 0.190 e. The number of nitrogens with two attached hydrogens (primary N) is 1. The first-order valence-electron chi connectivity index (χ1n) is 6.23. The van der Waals surface area contributed by atoms with E-state index in [0.717, 1.165) is 23.8 Å². The van der Waals surface area contributed by atoms with Crippen molar-refractivity contribution in [1.82, 2.24) is 4.98 Å². The molecule has 0 saturated heterocycles. The van der Waals surface area contributed by atoms with Crippen molar-refractivity contribution >= 4 is 22.2 Å². The van der Waals surface area contributed by atoms with Crippen LogP contribution in [0.1, 0.15) is 19.5 Å². The Morgan fingerprint density at radius 2 is 2.06 bits per heavy atom. The Bertz CT molecular complexity index is 479. The van der Waals surface area contributed by atoms with Crippen molar-refractivity contribution < 1.29 is 0 Å². The van der Waals surface area contributed by atoms with E-state index in [1.807, 2.05) is 13.0 Å². The predicted octanol–water partition coefficient (Wildman–Crippen LogP) is 3.19. The van der Waals surface area contributed by atoms with Gasteiger partial charge in [0.1, 0.15) is 0 Å². The number of para-hydroxylation sites is 1. The van der Waals surface area contributed by atoms with E-state index in [1.54, 1.807) is 11.3 Å². The van der Waals surface area contributed by atoms with Crippen LogP contribution in [0.2, 0.25) is 0 Å². The molecule has 1 heterocycles. The van der Waals surface area contributed by atoms with Crippen LogP contribution in [0.3, 0.4) is 0 Å². The fourth-order valence-electron chi connectivity index (χ4n) is 1.88. The Labute approximate surface area is 112 Å². The summed E-state index contributed by atoms with van der Waals surface area (Å²) >= 11 is 1.68. The summed E-state index contributed by atoms with van der Waals surface area (Å²) in [7, 11) is 0. The highest BCUT2D eigenvalue weighted by Gasteiger charge is 2.11. The Kier molecular flexibility index (Phi) is 4.33. The zero-order chi connectivity index (χ0) is 13.0. The lowest BCUT2D eigenvalue weighted by atomic mass is 10.2. The van der Waals surface area contributed by atoms with E-state index in [0.29, 0.717) is 0 Å². The van der Waals surface area contributed by atoms with Crippen LogP contribution in [0, 0.1) is 0 Å². The lowest BCUT2D eigenvalue weighted by Crippen LogP contribution is -2.19. The maximum Gasteiger partial charge on any atom is 0.190 e. The van der Waals surface area contributed by atoms with Crippen molar-refractivity contribution in [1.29, 1.82) is 0 Å². The minimum absolute atomic E-state index is 0.159. The van der Waals surface area contributed by atoms with E-state index in [1.165, 1.54) is 5.69 Å². The third kappa shape index (κ3) is 3.09. The number of thiazole rings is 1. The lowest BCUT2D eigenvalue weighted by Gasteiger charge is -2.19. The summed E-state index contributed by atoms with van der Waals surface area (Å²) in [5.41, 5.74) is 8.07. The van der Waals surface area contributed by atoms with Crippen LogP contribution >= 0.6 is 11.3 Å². The Morgan fingerprint density at radius 3 is 2.67 bits per heavy atom. The molecule has 3 nitrogen and oxygen atoms in total. The second kappa shape index (κ2) is 5.98. The Balaban J connectivity index is 2.20. The van der Waals surface area contributed by atoms with Gasteiger partial charge in [-0.15, -0.1) is 11.3 Å². The summed E-state index contributed by atoms with van der Waals surface area (Å²) < 4.78 is 0. The van der Waals surface area contributed by atoms with Crippen LogP contribution < -0.4 is 10.6 Å². The standard InChI is InChI=1S/C14H19N3S/c1-3-17(13-7-5-4-6-8-13)14-16-12(10-18-14)9-11(2)15/h4-8,10-11H,3,9,15H2,1-2H3. The topological polar surface area (TPSA) is 42.2 Å². The molecule has 0 bridgehead atoms. The second-order valence-electron chi connectivity index (χ2n) is 4.38. The summed E-state index contributed by atoms with van der Waals surface area (Å²) in [6.45, 7) is 5.06. The van der Waals surface area contributed by atoms with E-state index in [9.17, 15) is 0 Å². The quantitative estimate of drug-likeness (QED) is 0.898. The van der Waals surface area contributed by atoms with E-state index in [4.69, 9.17) is 5.73 Å². The maximum absolute atomic E-state index is 5.80. The molecule has 2 aromatic rings. The van der Waals surface area contributed by atoms with Gasteiger partial charge in [-0.3, -0.25) is 0 Å². The van der Waals surface area contributed by atoms with Gasteiger partial charge in [-0.05, 0) is 26.0 Å². The highest BCUT2D eigenvalue weighted by molar-refractivity contribution is 7.13. The molecule has 1 unspecified atom stereocenters. The van der Waals surface area contributed by atoms with Gasteiger partial charge in [0, 0.05) is 30.1 Å². The molecular formula is C14H19N3S. The van der Waals surface area contributed by atoms with E-state index < -0.39 is 0 Å². The van der Waals surface area contributed by atoms with Crippen molar-refractivity contribution in [2.75, 3.05) is 11.4 Å². The first-order valence-corrected chi connectivity index (χ1v) is 7.11. The Hall–Kier alpha value is -1.39. The summed E-state index contributed by atoms with van der Waals surface area (Å²) in [6, 6.07) is 10.5. The molecule has 0 saturated carbocycles. The van der Waals surface area contributed by atoms with Gasteiger partial charge in [-0.2, -0.15) is 0 Å². The number of nitrogens with zero attached hydrogens (tertiary/aromatic N) is 2. The number of aromatic nitrogens is 1. The van der Waals surface area contributed by atoms with Gasteiger partial charge in [-0.1, -0.05) is 18.2 Å². The molecule has 0 aliphatic rings. The fourth-order valence-corrected chi connectivity index (χ4v) is 2.80. The molecular weight excluding hydrogens is 242 g/mol. The third-order valence-corrected chi connectivity index (χ3v) is 3.60. The molecule has 2 N–H and O–H groups in total. The van der Waals surface area contributed by atoms with Gasteiger partial charge in [0.2, 0.25) is 0 Å². The van der Waals surface area contributed by atoms with Crippen molar-refractivity contribution in [3.05, 3.63) is 41.4 Å². The number of hydrogen-bond acceptors (Lipinski definition) is 4. The van der Waals surface area contributed by atoms with Gasteiger partial charge in [0.25, 0.3) is 0 Å². The molecule has 4 heteroatoms. The molecule has 0 radical (unpaired) electrons. The first kappa shape index (κ1) is 13.1. The monoisotopic (exact) mass is 261 g/mol. The van der Waals surface area contributed by atoms with Gasteiger partial charge in [0.15, 0.2) is 5.13 Å². The molecule has 1 aromatic heterocycles. The van der Waals surface area contributed by atoms with Crippen molar-refractivity contribution in [3.8, 4) is 0 Å². The van der Waals surface area contributed by atoms with Crippen LogP contribution in [0.15, 0.2) is 35.7 Å². The number of rotatable bonds is 5. The minimum atomic E-state index is 0.159. The molecule has 2 rings (SSSR count). The molecule has 1 aromatic carbocycles. The zero-order valence-corrected chi connectivity index (χ0v) is 11.7. The number of anilines is 2. The average molecular weight is 261 g/mol. The average Bonchev–Trinajstić information content (AvgIpc) is 2.79. The maximum atomic E-state index is 5.80. The molecule has 1 atom stereocenters. The molecule has 0 aliphatic heterocycles. The lowest BCUT2D eigenvalue weighted by molar-refractivity contribution is 0.725. The molecule has 0 fully saturated rings. The van der Waals surface area contributed by atoms with Crippen LogP contribution in [0.25, 0.3) is 0 Å². The zero-order valence-electron chi connectivity index (χ0n) is 10.8. The number of hydrogen-bond donors (Lipinski definition) is 1. The van der Waals surface area contributed by atoms with Gasteiger partial charge < -0.3 is 10.6 Å². The van der Waals surface area contributed by atoms with Crippen LogP contribution in [0.5, 0.6) is 0 Å². The third-order valence-electron chi connectivity index (χ3n) is 2.69. The van der Waals surface area contributed by atoms with Crippen molar-refractivity contribution in [2.24, 2.45) is 5.73 Å². The highest BCUT2D eigenvalue weighted by atomic mass is 32.1. The van der Waals surface area contributed by atoms with Crippen molar-refractivity contribution in [2.45, 2.75) is 26.3 Å². The van der Waals surface area contributed by atoms with Gasteiger partial charge in [-0.25, -0.2) is 4.98 Å². The summed E-state index contributed by atoms with van der Waals surface area (Å²) in [5.74, 6) is 0. The second-order valence-corrected chi connectivity index (χ2v) is 5.22. The fraction of sp³-hybridized carbons (Fsp3) is 0.357. The highest BCUT2D eigenvalue weighted by Crippen LogP contribution is 2.28. The van der Waals surface area contributed by atoms with E-state index in [2.05, 4.69) is 46.5 Å². The SMILES string of the molecule is CCN(c1ccccc1)c1nc(CC(C)N)cs1. The van der Waals surface area contributed by atoms with Crippen molar-refractivity contribution in [3.63, 3.8) is 0 Å². The molecule has 0 spiro atoms. The van der Waals surface area contributed by atoms with Crippen LogP contribution in [0.4, 0.5) is 10.8 Å². The number of benzene rings is 1. The molecule has 0 aliphatic carbocycles. The summed E-state index contributed by atoms with van der Waals surface area (Å²) in [4.78, 5) is 6.88. The summed E-state index contributed by atoms with van der Waals surface area (Å²) in [6.07, 6.45) is 0.836. The molecule has 18 heavy (non-hydrogen) atoms. The first-order chi connectivity index (χ1) is 8.70. The largest absolute Gasteiger partial charge is 0.328 e. The normalized spacial score (nSPS) is 12.4. The Morgan fingerprint density at radius 1 is 1.33 bits per heavy atom. The predicted molar refractivity (Wildman–Crippen MR) is 78.6 cm³/mol. The van der Waals surface area contributed by atoms with Crippen LogP contribution in [-0.2, 0) is 6.42 Å². The van der Waals surface area contributed by atoms with E-state index >= 15 is 0 Å². The van der Waals surface area contributed by atoms with Gasteiger partial charge >= 0.3 is 0 Å². The molecule has 96 valence electrons. The minimum Gasteiger partial charge on any atom is -0.328 e. The van der Waals surface area contributed by atoms with Gasteiger partial charge in [0.05, 0.1) is 5.69 Å².